The standard InChI is InChI=1S/C12H19NO2.C7H11NO2/c1-7(2)8(3)6-13-11(14)9(4)10(5)12(13)15;1-4-5(2)7(10)8(3)6(4)9/h7-8H,6H2,1-5H3;4-5H,1-3H3. The van der Waals surface area contributed by atoms with Crippen LogP contribution in [0.15, 0.2) is 11.1 Å². The van der Waals surface area contributed by atoms with E-state index >= 15 is 0 Å². The number of carbonyl (C=O) groups is 4. The van der Waals surface area contributed by atoms with E-state index in [0.717, 1.165) is 0 Å². The maximum absolute atomic E-state index is 11.7. The molecule has 6 nitrogen and oxygen atoms in total. The van der Waals surface area contributed by atoms with Gasteiger partial charge in [-0.1, -0.05) is 34.6 Å². The number of rotatable bonds is 3. The zero-order chi connectivity index (χ0) is 19.6. The van der Waals surface area contributed by atoms with Gasteiger partial charge in [0, 0.05) is 36.6 Å². The zero-order valence-electron chi connectivity index (χ0n) is 16.5. The Morgan fingerprint density at radius 3 is 1.44 bits per heavy atom. The van der Waals surface area contributed by atoms with Crippen LogP contribution in [0.4, 0.5) is 0 Å². The second-order valence-electron chi connectivity index (χ2n) is 7.51. The highest BCUT2D eigenvalue weighted by Gasteiger charge is 2.39. The van der Waals surface area contributed by atoms with E-state index in [0.29, 0.717) is 29.5 Å². The summed E-state index contributed by atoms with van der Waals surface area (Å²) in [6.45, 7) is 13.8. The summed E-state index contributed by atoms with van der Waals surface area (Å²) < 4.78 is 0. The first kappa shape index (κ1) is 21.1. The number of hydrogen-bond acceptors (Lipinski definition) is 4. The minimum atomic E-state index is -0.127. The molecule has 25 heavy (non-hydrogen) atoms. The van der Waals surface area contributed by atoms with Crippen LogP contribution in [-0.4, -0.2) is 47.0 Å². The molecule has 2 aliphatic rings. The quantitative estimate of drug-likeness (QED) is 0.732. The van der Waals surface area contributed by atoms with Crippen LogP contribution in [-0.2, 0) is 19.2 Å². The molecule has 3 unspecified atom stereocenters. The van der Waals surface area contributed by atoms with Crippen LogP contribution in [0.25, 0.3) is 0 Å². The van der Waals surface area contributed by atoms with Crippen LogP contribution in [0.1, 0.15) is 48.5 Å². The molecule has 2 rings (SSSR count). The van der Waals surface area contributed by atoms with Crippen LogP contribution in [0.5, 0.6) is 0 Å². The van der Waals surface area contributed by atoms with Crippen molar-refractivity contribution in [1.82, 2.24) is 9.80 Å². The van der Waals surface area contributed by atoms with Crippen LogP contribution in [0.3, 0.4) is 0 Å². The van der Waals surface area contributed by atoms with E-state index in [1.54, 1.807) is 27.7 Å². The molecule has 0 aromatic heterocycles. The lowest BCUT2D eigenvalue weighted by molar-refractivity contribution is -0.139. The molecule has 0 N–H and O–H groups in total. The van der Waals surface area contributed by atoms with Crippen LogP contribution in [0.2, 0.25) is 0 Å². The highest BCUT2D eigenvalue weighted by molar-refractivity contribution is 6.18. The summed E-state index contributed by atoms with van der Waals surface area (Å²) in [4.78, 5) is 48.1. The van der Waals surface area contributed by atoms with Gasteiger partial charge in [0.1, 0.15) is 0 Å². The molecule has 0 spiro atoms. The Morgan fingerprint density at radius 1 is 0.840 bits per heavy atom. The maximum Gasteiger partial charge on any atom is 0.256 e. The van der Waals surface area contributed by atoms with Crippen molar-refractivity contribution >= 4 is 23.6 Å². The molecule has 0 saturated carbocycles. The van der Waals surface area contributed by atoms with E-state index in [4.69, 9.17) is 0 Å². The van der Waals surface area contributed by atoms with Crippen LogP contribution in [0, 0.1) is 23.7 Å². The van der Waals surface area contributed by atoms with Crippen molar-refractivity contribution in [1.29, 1.82) is 0 Å². The summed E-state index contributed by atoms with van der Waals surface area (Å²) in [6.07, 6.45) is 0. The van der Waals surface area contributed by atoms with Gasteiger partial charge in [-0.2, -0.15) is 0 Å². The van der Waals surface area contributed by atoms with Gasteiger partial charge in [0.2, 0.25) is 11.8 Å². The molecule has 2 heterocycles. The van der Waals surface area contributed by atoms with Crippen LogP contribution < -0.4 is 0 Å². The first-order valence-corrected chi connectivity index (χ1v) is 8.76. The highest BCUT2D eigenvalue weighted by atomic mass is 16.2. The normalized spacial score (nSPS) is 25.2. The molecule has 3 atom stereocenters. The van der Waals surface area contributed by atoms with Crippen molar-refractivity contribution < 1.29 is 19.2 Å². The Hall–Kier alpha value is -1.98. The van der Waals surface area contributed by atoms with Gasteiger partial charge in [0.05, 0.1) is 0 Å². The molecule has 1 saturated heterocycles. The van der Waals surface area contributed by atoms with Crippen molar-refractivity contribution in [2.75, 3.05) is 13.6 Å². The predicted molar refractivity (Wildman–Crippen MR) is 95.2 cm³/mol. The number of nitrogens with zero attached hydrogens (tertiary/aromatic N) is 2. The molecule has 0 bridgehead atoms. The molecule has 0 aromatic carbocycles. The summed E-state index contributed by atoms with van der Waals surface area (Å²) in [5.74, 6) is 0.211. The van der Waals surface area contributed by atoms with Crippen molar-refractivity contribution in [2.45, 2.75) is 48.5 Å². The van der Waals surface area contributed by atoms with Gasteiger partial charge in [0.25, 0.3) is 11.8 Å². The number of likely N-dealkylation sites (tertiary alicyclic amines) is 1. The molecule has 140 valence electrons. The molecule has 2 aliphatic heterocycles. The summed E-state index contributed by atoms with van der Waals surface area (Å²) in [5.41, 5.74) is 1.19. The lowest BCUT2D eigenvalue weighted by Crippen LogP contribution is -2.36. The molecule has 6 heteroatoms. The van der Waals surface area contributed by atoms with Gasteiger partial charge in [-0.25, -0.2) is 0 Å². The highest BCUT2D eigenvalue weighted by Crippen LogP contribution is 2.23. The van der Waals surface area contributed by atoms with Crippen molar-refractivity contribution in [3.05, 3.63) is 11.1 Å². The fourth-order valence-corrected chi connectivity index (χ4v) is 2.63. The second-order valence-corrected chi connectivity index (χ2v) is 7.51. The lowest BCUT2D eigenvalue weighted by atomic mass is 9.97. The number of imide groups is 2. The first-order valence-electron chi connectivity index (χ1n) is 8.76. The Morgan fingerprint density at radius 2 is 1.20 bits per heavy atom. The lowest BCUT2D eigenvalue weighted by Gasteiger charge is -2.22. The predicted octanol–water partition coefficient (Wildman–Crippen LogP) is 2.24. The summed E-state index contributed by atoms with van der Waals surface area (Å²) >= 11 is 0. The Kier molecular flexibility index (Phi) is 6.68. The van der Waals surface area contributed by atoms with Gasteiger partial charge in [-0.3, -0.25) is 29.0 Å². The average molecular weight is 350 g/mol. The fourth-order valence-electron chi connectivity index (χ4n) is 2.63. The van der Waals surface area contributed by atoms with E-state index in [9.17, 15) is 19.2 Å². The molecule has 0 aliphatic carbocycles. The topological polar surface area (TPSA) is 74.8 Å². The maximum atomic E-state index is 11.7. The van der Waals surface area contributed by atoms with E-state index in [-0.39, 0.29) is 35.5 Å². The SMILES string of the molecule is CC1=C(C)C(=O)N(CC(C)C(C)C)C1=O.CC1C(=O)N(C)C(=O)C1C. The largest absolute Gasteiger partial charge is 0.285 e. The monoisotopic (exact) mass is 350 g/mol. The third-order valence-corrected chi connectivity index (χ3v) is 5.49. The minimum Gasteiger partial charge on any atom is -0.285 e. The van der Waals surface area contributed by atoms with Crippen molar-refractivity contribution in [2.24, 2.45) is 23.7 Å². The molecule has 4 amide bonds. The number of amides is 4. The zero-order valence-corrected chi connectivity index (χ0v) is 16.5. The smallest absolute Gasteiger partial charge is 0.256 e. The Labute approximate surface area is 150 Å². The van der Waals surface area contributed by atoms with E-state index in [1.165, 1.54) is 16.8 Å². The molecule has 0 aromatic rings. The third kappa shape index (κ3) is 4.17. The van der Waals surface area contributed by atoms with Gasteiger partial charge in [0.15, 0.2) is 0 Å². The number of hydrogen-bond donors (Lipinski definition) is 0. The molecule has 1 fully saturated rings. The summed E-state index contributed by atoms with van der Waals surface area (Å²) in [7, 11) is 1.53. The minimum absolute atomic E-state index is 0.0579. The molecular formula is C19H30N2O4. The van der Waals surface area contributed by atoms with Gasteiger partial charge in [-0.05, 0) is 25.7 Å². The third-order valence-electron chi connectivity index (χ3n) is 5.49. The Bertz CT molecular complexity index is 577. The van der Waals surface area contributed by atoms with Gasteiger partial charge < -0.3 is 0 Å². The average Bonchev–Trinajstić information content (AvgIpc) is 2.85. The van der Waals surface area contributed by atoms with E-state index in [2.05, 4.69) is 20.8 Å². The summed E-state index contributed by atoms with van der Waals surface area (Å²) in [5, 5.41) is 0. The fraction of sp³-hybridized carbons (Fsp3) is 0.684. The summed E-state index contributed by atoms with van der Waals surface area (Å²) in [6, 6.07) is 0. The second kappa shape index (κ2) is 7.93. The molecule has 0 radical (unpaired) electrons. The molecular weight excluding hydrogens is 320 g/mol. The first-order chi connectivity index (χ1) is 11.4. The van der Waals surface area contributed by atoms with E-state index < -0.39 is 0 Å². The van der Waals surface area contributed by atoms with Crippen molar-refractivity contribution in [3.8, 4) is 0 Å². The van der Waals surface area contributed by atoms with Crippen molar-refractivity contribution in [3.63, 3.8) is 0 Å². The van der Waals surface area contributed by atoms with E-state index in [1.807, 2.05) is 0 Å². The Balaban J connectivity index is 0.000000271. The van der Waals surface area contributed by atoms with Gasteiger partial charge >= 0.3 is 0 Å². The van der Waals surface area contributed by atoms with Crippen LogP contribution >= 0.6 is 0 Å². The number of carbonyl (C=O) groups excluding carboxylic acids is 4. The van der Waals surface area contributed by atoms with Gasteiger partial charge in [-0.15, -0.1) is 0 Å².